The van der Waals surface area contributed by atoms with Gasteiger partial charge in [0, 0.05) is 18.8 Å². The number of carbonyl (C=O) groups excluding carboxylic acids is 2. The topological polar surface area (TPSA) is 98.7 Å². The van der Waals surface area contributed by atoms with Gasteiger partial charge in [-0.15, -0.1) is 0 Å². The van der Waals surface area contributed by atoms with Gasteiger partial charge in [-0.25, -0.2) is 9.59 Å². The van der Waals surface area contributed by atoms with E-state index in [-0.39, 0.29) is 23.8 Å². The molecule has 1 aliphatic heterocycles. The lowest BCUT2D eigenvalue weighted by Gasteiger charge is -2.32. The Morgan fingerprint density at radius 1 is 1.23 bits per heavy atom. The quantitative estimate of drug-likeness (QED) is 0.725. The first-order valence-electron chi connectivity index (χ1n) is 9.01. The Labute approximate surface area is 153 Å². The smallest absolute Gasteiger partial charge is 0.326 e. The molecular formula is C19H27N3O4. The fourth-order valence-electron chi connectivity index (χ4n) is 3.08. The first kappa shape index (κ1) is 19.8. The molecule has 1 aromatic rings. The SMILES string of the molecule is CC(C)C[C@H](NC(=O)C1CCCN(C(=O)Nc2ccccc2)C1)C(=O)O. The minimum atomic E-state index is -1.03. The number of piperidine rings is 1. The van der Waals surface area contributed by atoms with E-state index in [2.05, 4.69) is 10.6 Å². The van der Waals surface area contributed by atoms with Crippen LogP contribution < -0.4 is 10.6 Å². The van der Waals surface area contributed by atoms with Gasteiger partial charge in [-0.3, -0.25) is 4.79 Å². The van der Waals surface area contributed by atoms with E-state index in [4.69, 9.17) is 0 Å². The summed E-state index contributed by atoms with van der Waals surface area (Å²) in [6, 6.07) is 8.00. The van der Waals surface area contributed by atoms with Crippen molar-refractivity contribution >= 4 is 23.6 Å². The van der Waals surface area contributed by atoms with Crippen molar-refractivity contribution in [2.75, 3.05) is 18.4 Å². The lowest BCUT2D eigenvalue weighted by Crippen LogP contribution is -2.50. The molecule has 2 rings (SSSR count). The predicted octanol–water partition coefficient (Wildman–Crippen LogP) is 2.55. The molecule has 142 valence electrons. The number of amides is 3. The first-order valence-corrected chi connectivity index (χ1v) is 9.01. The van der Waals surface area contributed by atoms with Crippen molar-refractivity contribution in [3.05, 3.63) is 30.3 Å². The van der Waals surface area contributed by atoms with Crippen molar-refractivity contribution in [1.29, 1.82) is 0 Å². The lowest BCUT2D eigenvalue weighted by atomic mass is 9.96. The summed E-state index contributed by atoms with van der Waals surface area (Å²) in [4.78, 5) is 37.8. The number of carboxylic acids is 1. The third-order valence-electron chi connectivity index (χ3n) is 4.43. The summed E-state index contributed by atoms with van der Waals surface area (Å²) in [5.74, 6) is -1.55. The Balaban J connectivity index is 1.92. The van der Waals surface area contributed by atoms with E-state index in [9.17, 15) is 19.5 Å². The van der Waals surface area contributed by atoms with Gasteiger partial charge in [0.05, 0.1) is 5.92 Å². The Bertz CT molecular complexity index is 633. The maximum absolute atomic E-state index is 12.5. The highest BCUT2D eigenvalue weighted by atomic mass is 16.4. The van der Waals surface area contributed by atoms with E-state index in [1.54, 1.807) is 17.0 Å². The van der Waals surface area contributed by atoms with E-state index >= 15 is 0 Å². The number of nitrogens with one attached hydrogen (secondary N) is 2. The molecule has 7 nitrogen and oxygen atoms in total. The number of nitrogens with zero attached hydrogens (tertiary/aromatic N) is 1. The van der Waals surface area contributed by atoms with Gasteiger partial charge in [-0.05, 0) is 37.3 Å². The predicted molar refractivity (Wildman–Crippen MR) is 98.8 cm³/mol. The summed E-state index contributed by atoms with van der Waals surface area (Å²) in [6.07, 6.45) is 1.74. The van der Waals surface area contributed by atoms with Gasteiger partial charge in [0.15, 0.2) is 0 Å². The maximum Gasteiger partial charge on any atom is 0.326 e. The van der Waals surface area contributed by atoms with Gasteiger partial charge < -0.3 is 20.6 Å². The molecule has 1 aromatic carbocycles. The zero-order valence-electron chi connectivity index (χ0n) is 15.3. The van der Waals surface area contributed by atoms with Crippen LogP contribution in [0.5, 0.6) is 0 Å². The van der Waals surface area contributed by atoms with Crippen LogP contribution in [0.4, 0.5) is 10.5 Å². The third kappa shape index (κ3) is 5.75. The minimum Gasteiger partial charge on any atom is -0.480 e. The fraction of sp³-hybridized carbons (Fsp3) is 0.526. The molecule has 0 aromatic heterocycles. The Morgan fingerprint density at radius 3 is 2.54 bits per heavy atom. The zero-order valence-corrected chi connectivity index (χ0v) is 15.3. The van der Waals surface area contributed by atoms with Crippen molar-refractivity contribution in [2.24, 2.45) is 11.8 Å². The number of anilines is 1. The number of rotatable bonds is 6. The number of hydrogen-bond acceptors (Lipinski definition) is 3. The molecule has 1 heterocycles. The number of carboxylic acid groups (broad SMARTS) is 1. The summed E-state index contributed by atoms with van der Waals surface area (Å²) >= 11 is 0. The summed E-state index contributed by atoms with van der Waals surface area (Å²) in [5.41, 5.74) is 0.701. The van der Waals surface area contributed by atoms with Crippen molar-refractivity contribution in [3.8, 4) is 0 Å². The van der Waals surface area contributed by atoms with Gasteiger partial charge in [-0.2, -0.15) is 0 Å². The molecule has 1 saturated heterocycles. The number of benzene rings is 1. The van der Waals surface area contributed by atoms with Crippen molar-refractivity contribution in [1.82, 2.24) is 10.2 Å². The second-order valence-corrected chi connectivity index (χ2v) is 7.11. The van der Waals surface area contributed by atoms with E-state index in [0.29, 0.717) is 38.0 Å². The zero-order chi connectivity index (χ0) is 19.1. The second kappa shape index (κ2) is 9.22. The molecule has 7 heteroatoms. The van der Waals surface area contributed by atoms with E-state index < -0.39 is 12.0 Å². The summed E-state index contributed by atoms with van der Waals surface area (Å²) in [6.45, 7) is 4.70. The highest BCUT2D eigenvalue weighted by molar-refractivity contribution is 5.90. The van der Waals surface area contributed by atoms with Gasteiger partial charge in [0.2, 0.25) is 5.91 Å². The Hall–Kier alpha value is -2.57. The van der Waals surface area contributed by atoms with Gasteiger partial charge in [-0.1, -0.05) is 32.0 Å². The first-order chi connectivity index (χ1) is 12.4. The molecule has 0 aliphatic carbocycles. The molecule has 0 saturated carbocycles. The number of aliphatic carboxylic acids is 1. The van der Waals surface area contributed by atoms with Crippen LogP contribution >= 0.6 is 0 Å². The molecule has 3 N–H and O–H groups in total. The molecule has 3 amide bonds. The van der Waals surface area contributed by atoms with Crippen LogP contribution in [-0.2, 0) is 9.59 Å². The largest absolute Gasteiger partial charge is 0.480 e. The molecule has 0 spiro atoms. The van der Waals surface area contributed by atoms with Crippen LogP contribution in [0.1, 0.15) is 33.1 Å². The molecule has 0 radical (unpaired) electrons. The summed E-state index contributed by atoms with van der Waals surface area (Å²) in [5, 5.41) is 14.7. The standard InChI is InChI=1S/C19H27N3O4/c1-13(2)11-16(18(24)25)21-17(23)14-7-6-10-22(12-14)19(26)20-15-8-4-3-5-9-15/h3-5,8-9,13-14,16H,6-7,10-12H2,1-2H3,(H,20,26)(H,21,23)(H,24,25)/t14?,16-/m0/s1. The van der Waals surface area contributed by atoms with Gasteiger partial charge in [0.25, 0.3) is 0 Å². The minimum absolute atomic E-state index is 0.163. The van der Waals surface area contributed by atoms with Crippen molar-refractivity contribution < 1.29 is 19.5 Å². The van der Waals surface area contributed by atoms with Crippen LogP contribution in [0.15, 0.2) is 30.3 Å². The van der Waals surface area contributed by atoms with Crippen molar-refractivity contribution in [2.45, 2.75) is 39.2 Å². The fourth-order valence-corrected chi connectivity index (χ4v) is 3.08. The normalized spacial score (nSPS) is 18.3. The van der Waals surface area contributed by atoms with E-state index in [1.165, 1.54) is 0 Å². The monoisotopic (exact) mass is 361 g/mol. The van der Waals surface area contributed by atoms with Crippen LogP contribution in [-0.4, -0.2) is 47.0 Å². The van der Waals surface area contributed by atoms with E-state index in [0.717, 1.165) is 0 Å². The average Bonchev–Trinajstić information content (AvgIpc) is 2.61. The molecule has 1 unspecified atom stereocenters. The highest BCUT2D eigenvalue weighted by Gasteiger charge is 2.31. The Kier molecular flexibility index (Phi) is 7.00. The molecule has 2 atom stereocenters. The van der Waals surface area contributed by atoms with Crippen LogP contribution in [0.2, 0.25) is 0 Å². The lowest BCUT2D eigenvalue weighted by molar-refractivity contribution is -0.143. The number of urea groups is 1. The molecular weight excluding hydrogens is 334 g/mol. The molecule has 26 heavy (non-hydrogen) atoms. The maximum atomic E-state index is 12.5. The highest BCUT2D eigenvalue weighted by Crippen LogP contribution is 2.19. The van der Waals surface area contributed by atoms with Crippen LogP contribution in [0.25, 0.3) is 0 Å². The number of carbonyl (C=O) groups is 3. The number of hydrogen-bond donors (Lipinski definition) is 3. The van der Waals surface area contributed by atoms with Gasteiger partial charge >= 0.3 is 12.0 Å². The second-order valence-electron chi connectivity index (χ2n) is 7.11. The molecule has 1 fully saturated rings. The summed E-state index contributed by atoms with van der Waals surface area (Å²) in [7, 11) is 0. The van der Waals surface area contributed by atoms with E-state index in [1.807, 2.05) is 32.0 Å². The number of likely N-dealkylation sites (tertiary alicyclic amines) is 1. The third-order valence-corrected chi connectivity index (χ3v) is 4.43. The average molecular weight is 361 g/mol. The Morgan fingerprint density at radius 2 is 1.92 bits per heavy atom. The molecule has 0 bridgehead atoms. The molecule has 1 aliphatic rings. The summed E-state index contributed by atoms with van der Waals surface area (Å²) < 4.78 is 0. The van der Waals surface area contributed by atoms with Gasteiger partial charge in [0.1, 0.15) is 6.04 Å². The van der Waals surface area contributed by atoms with Crippen molar-refractivity contribution in [3.63, 3.8) is 0 Å². The van der Waals surface area contributed by atoms with Crippen LogP contribution in [0, 0.1) is 11.8 Å². The number of para-hydroxylation sites is 1. The van der Waals surface area contributed by atoms with Crippen LogP contribution in [0.3, 0.4) is 0 Å².